The van der Waals surface area contributed by atoms with Crippen LogP contribution in [0.3, 0.4) is 0 Å². The maximum atomic E-state index is 10.1. The summed E-state index contributed by atoms with van der Waals surface area (Å²) in [6.07, 6.45) is 1.48. The van der Waals surface area contributed by atoms with E-state index in [0.29, 0.717) is 0 Å². The first-order chi connectivity index (χ1) is 3.66. The van der Waals surface area contributed by atoms with Crippen LogP contribution in [-0.4, -0.2) is 17.6 Å². The first-order valence-electron chi connectivity index (χ1n) is 1.99. The standard InChI is InChI=1S/C4H6NO2S/c1-3(7)5-4(8)2-6/h4,8H,1H3,(H,5,7). The second kappa shape index (κ2) is 3.49. The summed E-state index contributed by atoms with van der Waals surface area (Å²) in [6.45, 7) is 1.31. The largest absolute Gasteiger partial charge is 0.338 e. The monoisotopic (exact) mass is 132 g/mol. The number of carbonyl (C=O) groups excluding carboxylic acids is 2. The van der Waals surface area contributed by atoms with Crippen molar-refractivity contribution in [3.63, 3.8) is 0 Å². The van der Waals surface area contributed by atoms with E-state index in [1.807, 2.05) is 0 Å². The van der Waals surface area contributed by atoms with Crippen molar-refractivity contribution in [2.45, 2.75) is 12.3 Å². The summed E-state index contributed by atoms with van der Waals surface area (Å²) < 4.78 is 0. The third-order valence-corrected chi connectivity index (χ3v) is 0.686. The lowest BCUT2D eigenvalue weighted by Gasteiger charge is -1.99. The molecule has 1 radical (unpaired) electrons. The minimum absolute atomic E-state index is 0.284. The molecule has 0 aliphatic rings. The molecule has 3 nitrogen and oxygen atoms in total. The number of nitrogens with one attached hydrogen (secondary N) is 1. The molecule has 0 saturated carbocycles. The summed E-state index contributed by atoms with van der Waals surface area (Å²) in [5.74, 6) is -0.284. The Bertz CT molecular complexity index is 104. The molecule has 0 aliphatic heterocycles. The molecule has 45 valence electrons. The molecule has 1 atom stereocenters. The molecule has 0 bridgehead atoms. The van der Waals surface area contributed by atoms with E-state index in [4.69, 9.17) is 0 Å². The summed E-state index contributed by atoms with van der Waals surface area (Å²) >= 11 is 3.61. The maximum Gasteiger partial charge on any atom is 0.233 e. The lowest BCUT2D eigenvalue weighted by atomic mass is 10.6. The Kier molecular flexibility index (Phi) is 3.26. The maximum absolute atomic E-state index is 10.1. The molecule has 0 aromatic carbocycles. The lowest BCUT2D eigenvalue weighted by Crippen LogP contribution is -2.29. The quantitative estimate of drug-likeness (QED) is 0.392. The number of thiol groups is 1. The molecule has 0 heterocycles. The third-order valence-electron chi connectivity index (χ3n) is 0.452. The zero-order valence-corrected chi connectivity index (χ0v) is 5.24. The van der Waals surface area contributed by atoms with Gasteiger partial charge in [-0.25, -0.2) is 0 Å². The van der Waals surface area contributed by atoms with Crippen LogP contribution in [0.25, 0.3) is 0 Å². The van der Waals surface area contributed by atoms with Crippen molar-refractivity contribution in [1.82, 2.24) is 5.32 Å². The first kappa shape index (κ1) is 7.49. The van der Waals surface area contributed by atoms with Gasteiger partial charge in [-0.15, -0.1) is 12.6 Å². The molecular formula is C4H6NO2S. The zero-order valence-electron chi connectivity index (χ0n) is 4.34. The Morgan fingerprint density at radius 2 is 2.38 bits per heavy atom. The SMILES string of the molecule is CC(=O)NC(S)[C]=O. The normalized spacial score (nSPS) is 12.2. The number of carbonyl (C=O) groups is 1. The van der Waals surface area contributed by atoms with Gasteiger partial charge in [-0.1, -0.05) is 0 Å². The topological polar surface area (TPSA) is 46.2 Å². The highest BCUT2D eigenvalue weighted by Crippen LogP contribution is 1.81. The molecule has 0 aromatic heterocycles. The second-order valence-electron chi connectivity index (χ2n) is 1.22. The molecule has 4 heteroatoms. The Hall–Kier alpha value is -0.510. The predicted octanol–water partition coefficient (Wildman–Crippen LogP) is -0.512. The summed E-state index contributed by atoms with van der Waals surface area (Å²) in [6, 6.07) is 0. The van der Waals surface area contributed by atoms with Crippen molar-refractivity contribution < 1.29 is 9.59 Å². The van der Waals surface area contributed by atoms with Crippen LogP contribution in [0.4, 0.5) is 0 Å². The van der Waals surface area contributed by atoms with Crippen LogP contribution >= 0.6 is 12.6 Å². The minimum Gasteiger partial charge on any atom is -0.338 e. The van der Waals surface area contributed by atoms with Gasteiger partial charge in [0.25, 0.3) is 0 Å². The van der Waals surface area contributed by atoms with Gasteiger partial charge in [0.15, 0.2) is 0 Å². The average molecular weight is 132 g/mol. The van der Waals surface area contributed by atoms with Crippen LogP contribution < -0.4 is 5.32 Å². The smallest absolute Gasteiger partial charge is 0.233 e. The molecule has 0 rings (SSSR count). The van der Waals surface area contributed by atoms with Crippen LogP contribution in [0.5, 0.6) is 0 Å². The van der Waals surface area contributed by atoms with Crippen LogP contribution in [0, 0.1) is 0 Å². The summed E-state index contributed by atoms with van der Waals surface area (Å²) in [4.78, 5) is 19.7. The van der Waals surface area contributed by atoms with Gasteiger partial charge in [-0.05, 0) is 0 Å². The van der Waals surface area contributed by atoms with Gasteiger partial charge >= 0.3 is 0 Å². The predicted molar refractivity (Wildman–Crippen MR) is 32.3 cm³/mol. The van der Waals surface area contributed by atoms with Crippen molar-refractivity contribution in [2.24, 2.45) is 0 Å². The van der Waals surface area contributed by atoms with Gasteiger partial charge in [-0.3, -0.25) is 9.59 Å². The summed E-state index contributed by atoms with van der Waals surface area (Å²) in [5.41, 5.74) is 0. The van der Waals surface area contributed by atoms with Gasteiger partial charge in [0.05, 0.1) is 0 Å². The van der Waals surface area contributed by atoms with E-state index in [-0.39, 0.29) is 5.91 Å². The minimum atomic E-state index is -0.785. The Morgan fingerprint density at radius 3 is 2.50 bits per heavy atom. The number of hydrogen-bond acceptors (Lipinski definition) is 3. The fourth-order valence-corrected chi connectivity index (χ4v) is 0.404. The Balaban J connectivity index is 3.38. The van der Waals surface area contributed by atoms with Crippen molar-refractivity contribution in [3.8, 4) is 0 Å². The van der Waals surface area contributed by atoms with Gasteiger partial charge in [-0.2, -0.15) is 0 Å². The van der Waals surface area contributed by atoms with E-state index in [1.54, 1.807) is 0 Å². The van der Waals surface area contributed by atoms with Crippen molar-refractivity contribution in [2.75, 3.05) is 0 Å². The zero-order chi connectivity index (χ0) is 6.57. The lowest BCUT2D eigenvalue weighted by molar-refractivity contribution is -0.118. The molecule has 1 N–H and O–H groups in total. The van der Waals surface area contributed by atoms with Crippen LogP contribution in [-0.2, 0) is 9.59 Å². The van der Waals surface area contributed by atoms with E-state index in [0.717, 1.165) is 0 Å². The molecule has 8 heavy (non-hydrogen) atoms. The molecule has 0 fully saturated rings. The van der Waals surface area contributed by atoms with Gasteiger partial charge < -0.3 is 5.32 Å². The molecule has 0 aromatic rings. The van der Waals surface area contributed by atoms with Crippen molar-refractivity contribution in [1.29, 1.82) is 0 Å². The summed E-state index contributed by atoms with van der Waals surface area (Å²) in [5, 5.41) is 1.41. The van der Waals surface area contributed by atoms with E-state index >= 15 is 0 Å². The van der Waals surface area contributed by atoms with Gasteiger partial charge in [0.2, 0.25) is 12.2 Å². The van der Waals surface area contributed by atoms with Crippen molar-refractivity contribution in [3.05, 3.63) is 0 Å². The first-order valence-corrected chi connectivity index (χ1v) is 2.51. The summed E-state index contributed by atoms with van der Waals surface area (Å²) in [7, 11) is 0. The number of hydrogen-bond donors (Lipinski definition) is 2. The third kappa shape index (κ3) is 3.67. The van der Waals surface area contributed by atoms with Crippen LogP contribution in [0.2, 0.25) is 0 Å². The highest BCUT2D eigenvalue weighted by Gasteiger charge is 1.99. The van der Waals surface area contributed by atoms with Crippen LogP contribution in [0.15, 0.2) is 0 Å². The van der Waals surface area contributed by atoms with E-state index < -0.39 is 5.37 Å². The second-order valence-corrected chi connectivity index (χ2v) is 1.74. The van der Waals surface area contributed by atoms with Crippen molar-refractivity contribution >= 4 is 24.8 Å². The van der Waals surface area contributed by atoms with E-state index in [2.05, 4.69) is 17.9 Å². The number of amides is 1. The van der Waals surface area contributed by atoms with Crippen LogP contribution in [0.1, 0.15) is 6.92 Å². The molecule has 1 amide bonds. The fraction of sp³-hybridized carbons (Fsp3) is 0.500. The highest BCUT2D eigenvalue weighted by atomic mass is 32.1. The van der Waals surface area contributed by atoms with E-state index in [9.17, 15) is 9.59 Å². The van der Waals surface area contributed by atoms with E-state index in [1.165, 1.54) is 13.2 Å². The van der Waals surface area contributed by atoms with Gasteiger partial charge in [0.1, 0.15) is 5.37 Å². The Labute approximate surface area is 52.9 Å². The average Bonchev–Trinajstić information content (AvgIpc) is 1.65. The molecule has 0 aliphatic carbocycles. The molecule has 0 spiro atoms. The fourth-order valence-electron chi connectivity index (χ4n) is 0.222. The van der Waals surface area contributed by atoms with Gasteiger partial charge in [0, 0.05) is 6.92 Å². The molecule has 1 unspecified atom stereocenters. The highest BCUT2D eigenvalue weighted by molar-refractivity contribution is 7.81. The Morgan fingerprint density at radius 1 is 1.88 bits per heavy atom. The number of rotatable bonds is 2. The molecular weight excluding hydrogens is 126 g/mol. The molecule has 0 saturated heterocycles.